The highest BCUT2D eigenvalue weighted by molar-refractivity contribution is 7.17. The van der Waals surface area contributed by atoms with Crippen LogP contribution in [0.4, 0.5) is 0 Å². The summed E-state index contributed by atoms with van der Waals surface area (Å²) in [6.07, 6.45) is 4.88. The highest BCUT2D eigenvalue weighted by atomic mass is 32.1. The monoisotopic (exact) mass is 262 g/mol. The van der Waals surface area contributed by atoms with Gasteiger partial charge in [0.05, 0.1) is 23.3 Å². The SMILES string of the molecule is Cc1nc(-c2cnccn2)sc1C(=O)CN(C)C. The van der Waals surface area contributed by atoms with Gasteiger partial charge in [-0.3, -0.25) is 14.8 Å². The number of aromatic nitrogens is 3. The molecule has 0 saturated carbocycles. The Kier molecular flexibility index (Phi) is 3.78. The summed E-state index contributed by atoms with van der Waals surface area (Å²) in [4.78, 5) is 27.1. The van der Waals surface area contributed by atoms with Crippen molar-refractivity contribution in [1.82, 2.24) is 19.9 Å². The van der Waals surface area contributed by atoms with E-state index in [9.17, 15) is 4.79 Å². The Labute approximate surface area is 110 Å². The molecule has 0 aliphatic heterocycles. The number of carbonyl (C=O) groups is 1. The minimum Gasteiger partial charge on any atom is -0.302 e. The molecule has 5 nitrogen and oxygen atoms in total. The second kappa shape index (κ2) is 5.32. The Morgan fingerprint density at radius 1 is 1.39 bits per heavy atom. The number of nitrogens with zero attached hydrogens (tertiary/aromatic N) is 4. The summed E-state index contributed by atoms with van der Waals surface area (Å²) in [5.41, 5.74) is 1.46. The molecule has 0 radical (unpaired) electrons. The van der Waals surface area contributed by atoms with E-state index in [1.807, 2.05) is 25.9 Å². The van der Waals surface area contributed by atoms with E-state index in [1.54, 1.807) is 18.6 Å². The van der Waals surface area contributed by atoms with Crippen LogP contribution in [0.1, 0.15) is 15.4 Å². The fourth-order valence-electron chi connectivity index (χ4n) is 1.53. The average molecular weight is 262 g/mol. The summed E-state index contributed by atoms with van der Waals surface area (Å²) >= 11 is 1.37. The van der Waals surface area contributed by atoms with Crippen molar-refractivity contribution in [1.29, 1.82) is 0 Å². The van der Waals surface area contributed by atoms with Crippen LogP contribution in [-0.4, -0.2) is 46.3 Å². The molecule has 18 heavy (non-hydrogen) atoms. The van der Waals surface area contributed by atoms with Crippen LogP contribution in [0.2, 0.25) is 0 Å². The normalized spacial score (nSPS) is 10.9. The van der Waals surface area contributed by atoms with Gasteiger partial charge in [0, 0.05) is 12.4 Å². The van der Waals surface area contributed by atoms with Gasteiger partial charge in [0.2, 0.25) is 0 Å². The molecule has 0 amide bonds. The fraction of sp³-hybridized carbons (Fsp3) is 0.333. The van der Waals surface area contributed by atoms with Gasteiger partial charge in [-0.15, -0.1) is 11.3 Å². The minimum atomic E-state index is 0.0881. The predicted molar refractivity (Wildman–Crippen MR) is 70.8 cm³/mol. The first-order valence-electron chi connectivity index (χ1n) is 5.49. The van der Waals surface area contributed by atoms with Gasteiger partial charge in [-0.05, 0) is 21.0 Å². The Balaban J connectivity index is 2.30. The quantitative estimate of drug-likeness (QED) is 0.784. The van der Waals surface area contributed by atoms with E-state index in [4.69, 9.17) is 0 Å². The van der Waals surface area contributed by atoms with E-state index in [1.165, 1.54) is 11.3 Å². The molecule has 6 heteroatoms. The number of rotatable bonds is 4. The van der Waals surface area contributed by atoms with Crippen molar-refractivity contribution >= 4 is 17.1 Å². The van der Waals surface area contributed by atoms with Crippen molar-refractivity contribution in [2.75, 3.05) is 20.6 Å². The first-order chi connectivity index (χ1) is 8.58. The third-order valence-corrected chi connectivity index (χ3v) is 3.51. The number of aryl methyl sites for hydroxylation is 1. The molecule has 2 heterocycles. The van der Waals surface area contributed by atoms with E-state index in [0.29, 0.717) is 17.1 Å². The van der Waals surface area contributed by atoms with Crippen molar-refractivity contribution in [3.63, 3.8) is 0 Å². The zero-order chi connectivity index (χ0) is 13.1. The molecule has 0 atom stereocenters. The Morgan fingerprint density at radius 3 is 2.78 bits per heavy atom. The molecule has 2 aromatic rings. The van der Waals surface area contributed by atoms with Crippen LogP contribution < -0.4 is 0 Å². The van der Waals surface area contributed by atoms with Crippen LogP contribution >= 0.6 is 11.3 Å². The van der Waals surface area contributed by atoms with Gasteiger partial charge in [0.15, 0.2) is 5.78 Å². The molecule has 0 unspecified atom stereocenters. The van der Waals surface area contributed by atoms with E-state index >= 15 is 0 Å². The first kappa shape index (κ1) is 12.8. The number of hydrogen-bond donors (Lipinski definition) is 0. The molecule has 2 rings (SSSR count). The Morgan fingerprint density at radius 2 is 2.17 bits per heavy atom. The molecule has 0 aliphatic rings. The molecule has 94 valence electrons. The maximum atomic E-state index is 12.0. The van der Waals surface area contributed by atoms with Crippen molar-refractivity contribution < 1.29 is 4.79 Å². The summed E-state index contributed by atoms with van der Waals surface area (Å²) in [5.74, 6) is 0.0881. The number of Topliss-reactive ketones (excluding diaryl/α,β-unsaturated/α-hetero) is 1. The smallest absolute Gasteiger partial charge is 0.188 e. The van der Waals surface area contributed by atoms with Crippen LogP contribution in [0.25, 0.3) is 10.7 Å². The van der Waals surface area contributed by atoms with Gasteiger partial charge < -0.3 is 4.90 Å². The van der Waals surface area contributed by atoms with Gasteiger partial charge in [-0.1, -0.05) is 0 Å². The first-order valence-corrected chi connectivity index (χ1v) is 6.31. The van der Waals surface area contributed by atoms with Crippen molar-refractivity contribution in [2.24, 2.45) is 0 Å². The van der Waals surface area contributed by atoms with E-state index < -0.39 is 0 Å². The van der Waals surface area contributed by atoms with Gasteiger partial charge in [-0.2, -0.15) is 0 Å². The van der Waals surface area contributed by atoms with Crippen molar-refractivity contribution in [2.45, 2.75) is 6.92 Å². The fourth-order valence-corrected chi connectivity index (χ4v) is 2.49. The summed E-state index contributed by atoms with van der Waals surface area (Å²) in [7, 11) is 3.75. The van der Waals surface area contributed by atoms with Crippen molar-refractivity contribution in [3.05, 3.63) is 29.2 Å². The number of hydrogen-bond acceptors (Lipinski definition) is 6. The lowest BCUT2D eigenvalue weighted by atomic mass is 10.3. The van der Waals surface area contributed by atoms with Crippen LogP contribution in [0.5, 0.6) is 0 Å². The van der Waals surface area contributed by atoms with Gasteiger partial charge >= 0.3 is 0 Å². The molecule has 0 aliphatic carbocycles. The third kappa shape index (κ3) is 2.77. The van der Waals surface area contributed by atoms with Crippen molar-refractivity contribution in [3.8, 4) is 10.7 Å². The lowest BCUT2D eigenvalue weighted by Gasteiger charge is -2.06. The summed E-state index contributed by atoms with van der Waals surface area (Å²) in [5, 5.41) is 0.739. The summed E-state index contributed by atoms with van der Waals surface area (Å²) < 4.78 is 0. The lowest BCUT2D eigenvalue weighted by molar-refractivity contribution is 0.0961. The van der Waals surface area contributed by atoms with Crippen LogP contribution in [0.3, 0.4) is 0 Å². The largest absolute Gasteiger partial charge is 0.302 e. The molecule has 2 aromatic heterocycles. The summed E-state index contributed by atoms with van der Waals surface area (Å²) in [6.45, 7) is 2.24. The highest BCUT2D eigenvalue weighted by Crippen LogP contribution is 2.26. The zero-order valence-corrected chi connectivity index (χ0v) is 11.4. The number of thiazole rings is 1. The van der Waals surface area contributed by atoms with Gasteiger partial charge in [0.1, 0.15) is 10.7 Å². The molecule has 0 aromatic carbocycles. The molecule has 0 N–H and O–H groups in total. The maximum Gasteiger partial charge on any atom is 0.188 e. The van der Waals surface area contributed by atoms with Crippen LogP contribution in [-0.2, 0) is 0 Å². The molecule has 0 fully saturated rings. The third-order valence-electron chi connectivity index (χ3n) is 2.29. The minimum absolute atomic E-state index is 0.0881. The molecule has 0 spiro atoms. The molecular weight excluding hydrogens is 248 g/mol. The van der Waals surface area contributed by atoms with E-state index in [0.717, 1.165) is 10.7 Å². The van der Waals surface area contributed by atoms with E-state index in [2.05, 4.69) is 15.0 Å². The molecule has 0 bridgehead atoms. The van der Waals surface area contributed by atoms with Gasteiger partial charge in [-0.25, -0.2) is 4.98 Å². The number of ketones is 1. The zero-order valence-electron chi connectivity index (χ0n) is 10.5. The second-order valence-corrected chi connectivity index (χ2v) is 5.18. The molecule has 0 saturated heterocycles. The molecular formula is C12H14N4OS. The second-order valence-electron chi connectivity index (χ2n) is 4.19. The lowest BCUT2D eigenvalue weighted by Crippen LogP contribution is -2.21. The average Bonchev–Trinajstić information content (AvgIpc) is 2.72. The summed E-state index contributed by atoms with van der Waals surface area (Å²) in [6, 6.07) is 0. The highest BCUT2D eigenvalue weighted by Gasteiger charge is 2.17. The number of likely N-dealkylation sites (N-methyl/N-ethyl adjacent to an activating group) is 1. The predicted octanol–water partition coefficient (Wildman–Crippen LogP) is 1.65. The standard InChI is InChI=1S/C12H14N4OS/c1-8-11(10(17)7-16(2)3)18-12(15-8)9-6-13-4-5-14-9/h4-6H,7H2,1-3H3. The van der Waals surface area contributed by atoms with Crippen LogP contribution in [0.15, 0.2) is 18.6 Å². The van der Waals surface area contributed by atoms with Gasteiger partial charge in [0.25, 0.3) is 0 Å². The maximum absolute atomic E-state index is 12.0. The van der Waals surface area contributed by atoms with E-state index in [-0.39, 0.29) is 5.78 Å². The topological polar surface area (TPSA) is 59.0 Å². The van der Waals surface area contributed by atoms with Crippen LogP contribution in [0, 0.1) is 6.92 Å². The Hall–Kier alpha value is -1.66. The Bertz CT molecular complexity index is 550. The number of carbonyl (C=O) groups excluding carboxylic acids is 1.